The van der Waals surface area contributed by atoms with Crippen LogP contribution in [0.1, 0.15) is 57.4 Å². The quantitative estimate of drug-likeness (QED) is 0.714. The Morgan fingerprint density at radius 3 is 2.24 bits per heavy atom. The first-order chi connectivity index (χ1) is 10.1. The maximum absolute atomic E-state index is 12.5. The molecule has 1 saturated heterocycles. The van der Waals surface area contributed by atoms with E-state index in [1.165, 1.54) is 31.2 Å². The molecular weight excluding hydrogens is 282 g/mol. The van der Waals surface area contributed by atoms with E-state index >= 15 is 0 Å². The predicted octanol–water partition coefficient (Wildman–Crippen LogP) is 3.98. The first-order valence-electron chi connectivity index (χ1n) is 8.23. The van der Waals surface area contributed by atoms with Gasteiger partial charge in [0, 0.05) is 13.1 Å². The van der Waals surface area contributed by atoms with Crippen LogP contribution in [0.5, 0.6) is 0 Å². The van der Waals surface area contributed by atoms with Crippen LogP contribution in [0.2, 0.25) is 0 Å². The summed E-state index contributed by atoms with van der Waals surface area (Å²) in [7, 11) is -3.27. The molecule has 21 heavy (non-hydrogen) atoms. The lowest BCUT2D eigenvalue weighted by Gasteiger charge is -2.25. The summed E-state index contributed by atoms with van der Waals surface area (Å²) >= 11 is 0. The van der Waals surface area contributed by atoms with E-state index < -0.39 is 10.0 Å². The molecular formula is C17H27NO2S. The molecule has 0 radical (unpaired) electrons. The van der Waals surface area contributed by atoms with Gasteiger partial charge in [-0.05, 0) is 43.4 Å². The van der Waals surface area contributed by atoms with Gasteiger partial charge in [-0.15, -0.1) is 0 Å². The molecule has 0 unspecified atom stereocenters. The van der Waals surface area contributed by atoms with Crippen molar-refractivity contribution in [1.82, 2.24) is 4.31 Å². The molecule has 0 saturated carbocycles. The van der Waals surface area contributed by atoms with Crippen LogP contribution in [-0.4, -0.2) is 25.8 Å². The van der Waals surface area contributed by atoms with E-state index in [-0.39, 0.29) is 0 Å². The second kappa shape index (κ2) is 7.95. The van der Waals surface area contributed by atoms with Gasteiger partial charge in [-0.2, -0.15) is 4.31 Å². The van der Waals surface area contributed by atoms with Crippen LogP contribution in [0, 0.1) is 0 Å². The van der Waals surface area contributed by atoms with Gasteiger partial charge in [-0.25, -0.2) is 8.42 Å². The van der Waals surface area contributed by atoms with Gasteiger partial charge >= 0.3 is 0 Å². The summed E-state index contributed by atoms with van der Waals surface area (Å²) in [6, 6.07) is 7.50. The fraction of sp³-hybridized carbons (Fsp3) is 0.647. The number of unbranched alkanes of at least 4 members (excludes halogenated alkanes) is 3. The van der Waals surface area contributed by atoms with Crippen LogP contribution < -0.4 is 0 Å². The van der Waals surface area contributed by atoms with Crippen molar-refractivity contribution in [2.45, 2.75) is 63.2 Å². The Kier molecular flexibility index (Phi) is 6.24. The van der Waals surface area contributed by atoms with Crippen LogP contribution in [0.15, 0.2) is 29.2 Å². The van der Waals surface area contributed by atoms with Gasteiger partial charge in [0.25, 0.3) is 0 Å². The molecule has 0 N–H and O–H groups in total. The molecule has 2 rings (SSSR count). The van der Waals surface area contributed by atoms with Gasteiger partial charge in [0.2, 0.25) is 10.0 Å². The average Bonchev–Trinajstić information content (AvgIpc) is 2.53. The maximum atomic E-state index is 12.5. The second-order valence-corrected chi connectivity index (χ2v) is 7.86. The van der Waals surface area contributed by atoms with Crippen LogP contribution in [0.3, 0.4) is 0 Å². The Balaban J connectivity index is 1.97. The molecule has 0 atom stereocenters. The average molecular weight is 309 g/mol. The minimum absolute atomic E-state index is 0.446. The zero-order valence-corrected chi connectivity index (χ0v) is 13.9. The lowest BCUT2D eigenvalue weighted by Crippen LogP contribution is -2.35. The van der Waals surface area contributed by atoms with Crippen molar-refractivity contribution in [3.8, 4) is 0 Å². The van der Waals surface area contributed by atoms with Crippen molar-refractivity contribution < 1.29 is 8.42 Å². The van der Waals surface area contributed by atoms with Crippen molar-refractivity contribution in [1.29, 1.82) is 0 Å². The molecule has 1 aliphatic rings. The number of rotatable bonds is 7. The van der Waals surface area contributed by atoms with Crippen molar-refractivity contribution in [2.24, 2.45) is 0 Å². The third-order valence-electron chi connectivity index (χ3n) is 4.20. The van der Waals surface area contributed by atoms with Gasteiger partial charge in [0.1, 0.15) is 0 Å². The van der Waals surface area contributed by atoms with Crippen molar-refractivity contribution in [3.05, 3.63) is 29.8 Å². The van der Waals surface area contributed by atoms with Gasteiger partial charge in [0.15, 0.2) is 0 Å². The van der Waals surface area contributed by atoms with Crippen LogP contribution in [0.25, 0.3) is 0 Å². The third-order valence-corrected chi connectivity index (χ3v) is 6.11. The fourth-order valence-electron chi connectivity index (χ4n) is 2.84. The molecule has 118 valence electrons. The van der Waals surface area contributed by atoms with Crippen molar-refractivity contribution in [3.63, 3.8) is 0 Å². The zero-order chi connectivity index (χ0) is 15.1. The van der Waals surface area contributed by atoms with Crippen LogP contribution in [0.4, 0.5) is 0 Å². The van der Waals surface area contributed by atoms with Gasteiger partial charge in [-0.1, -0.05) is 44.7 Å². The molecule has 3 nitrogen and oxygen atoms in total. The lowest BCUT2D eigenvalue weighted by atomic mass is 10.1. The van der Waals surface area contributed by atoms with E-state index in [1.54, 1.807) is 16.4 Å². The summed E-state index contributed by atoms with van der Waals surface area (Å²) in [5, 5.41) is 0. The Labute approximate surface area is 129 Å². The molecule has 0 bridgehead atoms. The summed E-state index contributed by atoms with van der Waals surface area (Å²) in [5.41, 5.74) is 1.24. The van der Waals surface area contributed by atoms with E-state index in [4.69, 9.17) is 0 Å². The molecule has 1 heterocycles. The van der Waals surface area contributed by atoms with Gasteiger partial charge in [0.05, 0.1) is 4.90 Å². The number of aryl methyl sites for hydroxylation is 1. The monoisotopic (exact) mass is 309 g/mol. The summed E-state index contributed by atoms with van der Waals surface area (Å²) in [4.78, 5) is 0.446. The molecule has 4 heteroatoms. The summed E-state index contributed by atoms with van der Waals surface area (Å²) in [6.07, 6.45) is 9.11. The van der Waals surface area contributed by atoms with Crippen LogP contribution >= 0.6 is 0 Å². The first-order valence-corrected chi connectivity index (χ1v) is 9.67. The third kappa shape index (κ3) is 4.55. The summed E-state index contributed by atoms with van der Waals surface area (Å²) < 4.78 is 26.7. The van der Waals surface area contributed by atoms with E-state index in [1.807, 2.05) is 12.1 Å². The minimum Gasteiger partial charge on any atom is -0.207 e. The molecule has 1 fully saturated rings. The van der Waals surface area contributed by atoms with E-state index in [9.17, 15) is 8.42 Å². The maximum Gasteiger partial charge on any atom is 0.243 e. The number of hydrogen-bond donors (Lipinski definition) is 0. The van der Waals surface area contributed by atoms with E-state index in [0.717, 1.165) is 25.7 Å². The lowest BCUT2D eigenvalue weighted by molar-refractivity contribution is 0.346. The zero-order valence-electron chi connectivity index (χ0n) is 13.1. The highest BCUT2D eigenvalue weighted by Gasteiger charge is 2.25. The number of nitrogens with zero attached hydrogens (tertiary/aromatic N) is 1. The van der Waals surface area contributed by atoms with E-state index in [2.05, 4.69) is 6.92 Å². The number of piperidine rings is 1. The number of benzene rings is 1. The predicted molar refractivity (Wildman–Crippen MR) is 86.9 cm³/mol. The Hall–Kier alpha value is -0.870. The summed E-state index contributed by atoms with van der Waals surface area (Å²) in [6.45, 7) is 3.54. The summed E-state index contributed by atoms with van der Waals surface area (Å²) in [5.74, 6) is 0. The number of sulfonamides is 1. The minimum atomic E-state index is -3.27. The van der Waals surface area contributed by atoms with Gasteiger partial charge in [-0.3, -0.25) is 0 Å². The smallest absolute Gasteiger partial charge is 0.207 e. The topological polar surface area (TPSA) is 37.4 Å². The molecule has 0 spiro atoms. The van der Waals surface area contributed by atoms with Crippen LogP contribution in [-0.2, 0) is 16.4 Å². The molecule has 0 amide bonds. The second-order valence-electron chi connectivity index (χ2n) is 5.92. The highest BCUT2D eigenvalue weighted by molar-refractivity contribution is 7.89. The van der Waals surface area contributed by atoms with Crippen molar-refractivity contribution >= 4 is 10.0 Å². The molecule has 1 aliphatic heterocycles. The van der Waals surface area contributed by atoms with E-state index in [0.29, 0.717) is 18.0 Å². The highest BCUT2D eigenvalue weighted by atomic mass is 32.2. The molecule has 1 aromatic rings. The molecule has 1 aromatic carbocycles. The standard InChI is InChI=1S/C17H27NO2S/c1-2-3-4-6-9-16-10-12-17(13-11-16)21(19,20)18-14-7-5-8-15-18/h10-13H,2-9,14-15H2,1H3. The van der Waals surface area contributed by atoms with Crippen molar-refractivity contribution in [2.75, 3.05) is 13.1 Å². The Morgan fingerprint density at radius 1 is 0.952 bits per heavy atom. The molecule has 0 aliphatic carbocycles. The largest absolute Gasteiger partial charge is 0.243 e. The fourth-order valence-corrected chi connectivity index (χ4v) is 4.36. The highest BCUT2D eigenvalue weighted by Crippen LogP contribution is 2.21. The Morgan fingerprint density at radius 2 is 1.62 bits per heavy atom. The number of hydrogen-bond acceptors (Lipinski definition) is 2. The first kappa shape index (κ1) is 16.5. The normalized spacial score (nSPS) is 17.0. The van der Waals surface area contributed by atoms with Gasteiger partial charge < -0.3 is 0 Å². The SMILES string of the molecule is CCCCCCc1ccc(S(=O)(=O)N2CCCCC2)cc1. The molecule has 0 aromatic heterocycles. The Bertz CT molecular complexity index is 516.